The molecule has 102 valence electrons. The molecule has 2 nitrogen and oxygen atoms in total. The van der Waals surface area contributed by atoms with Crippen molar-refractivity contribution in [1.29, 1.82) is 0 Å². The van der Waals surface area contributed by atoms with Crippen LogP contribution in [0.5, 0.6) is 0 Å². The fraction of sp³-hybridized carbons (Fsp3) is 0.571. The average molecular weight is 258 g/mol. The number of benzene rings is 1. The number of hydrogen-bond acceptors (Lipinski definition) is 2. The summed E-state index contributed by atoms with van der Waals surface area (Å²) >= 11 is 0. The van der Waals surface area contributed by atoms with Gasteiger partial charge in [-0.2, -0.15) is 0 Å². The summed E-state index contributed by atoms with van der Waals surface area (Å²) in [6.07, 6.45) is -0.301. The van der Waals surface area contributed by atoms with E-state index in [0.29, 0.717) is 5.92 Å². The van der Waals surface area contributed by atoms with Gasteiger partial charge in [0.15, 0.2) is 11.6 Å². The third-order valence-electron chi connectivity index (χ3n) is 2.68. The van der Waals surface area contributed by atoms with Crippen molar-refractivity contribution >= 4 is 0 Å². The van der Waals surface area contributed by atoms with Crippen LogP contribution in [0.4, 0.5) is 8.78 Å². The van der Waals surface area contributed by atoms with E-state index in [1.54, 1.807) is 0 Å². The van der Waals surface area contributed by atoms with E-state index >= 15 is 0 Å². The van der Waals surface area contributed by atoms with Crippen molar-refractivity contribution < 1.29 is 18.6 Å². The van der Waals surface area contributed by atoms with E-state index in [1.165, 1.54) is 12.1 Å². The Hall–Kier alpha value is -1.00. The summed E-state index contributed by atoms with van der Waals surface area (Å²) in [5.74, 6) is -1.48. The predicted molar refractivity (Wildman–Crippen MR) is 66.2 cm³/mol. The van der Waals surface area contributed by atoms with Crippen molar-refractivity contribution in [3.8, 4) is 0 Å². The third-order valence-corrected chi connectivity index (χ3v) is 2.68. The van der Waals surface area contributed by atoms with Gasteiger partial charge >= 0.3 is 0 Å². The lowest BCUT2D eigenvalue weighted by Gasteiger charge is -2.18. The van der Waals surface area contributed by atoms with Gasteiger partial charge in [0.05, 0.1) is 12.7 Å². The first-order valence-corrected chi connectivity index (χ1v) is 6.15. The zero-order chi connectivity index (χ0) is 13.7. The van der Waals surface area contributed by atoms with Crippen LogP contribution in [0.2, 0.25) is 0 Å². The van der Waals surface area contributed by atoms with Crippen LogP contribution in [-0.2, 0) is 4.74 Å². The molecule has 0 amide bonds. The number of aliphatic hydroxyl groups excluding tert-OH is 1. The second-order valence-electron chi connectivity index (χ2n) is 4.93. The van der Waals surface area contributed by atoms with Crippen molar-refractivity contribution in [3.63, 3.8) is 0 Å². The van der Waals surface area contributed by atoms with E-state index in [1.807, 2.05) is 6.92 Å². The van der Waals surface area contributed by atoms with Gasteiger partial charge in [-0.25, -0.2) is 8.78 Å². The highest BCUT2D eigenvalue weighted by molar-refractivity contribution is 5.21. The molecule has 4 heteroatoms. The van der Waals surface area contributed by atoms with Gasteiger partial charge in [-0.1, -0.05) is 26.0 Å². The molecule has 0 aromatic heterocycles. The maximum atomic E-state index is 13.4. The van der Waals surface area contributed by atoms with Crippen LogP contribution < -0.4 is 0 Å². The molecular formula is C14H20F2O2. The van der Waals surface area contributed by atoms with Gasteiger partial charge in [0.2, 0.25) is 0 Å². The minimum atomic E-state index is -1.14. The third kappa shape index (κ3) is 4.35. The molecule has 2 atom stereocenters. The molecule has 0 radical (unpaired) electrons. The molecule has 0 fully saturated rings. The summed E-state index contributed by atoms with van der Waals surface area (Å²) in [4.78, 5) is 0. The van der Waals surface area contributed by atoms with E-state index in [4.69, 9.17) is 4.74 Å². The number of aliphatic hydroxyl groups is 1. The Morgan fingerprint density at radius 3 is 2.50 bits per heavy atom. The standard InChI is InChI=1S/C14H20F2O2/c1-9(2)7-10(3)18-8-13(17)11-5-4-6-12(15)14(11)16/h4-6,9-10,13,17H,7-8H2,1-3H3. The molecule has 0 saturated heterocycles. The molecule has 0 aliphatic carbocycles. The van der Waals surface area contributed by atoms with Crippen molar-refractivity contribution in [2.75, 3.05) is 6.61 Å². The molecular weight excluding hydrogens is 238 g/mol. The molecule has 1 aromatic rings. The van der Waals surface area contributed by atoms with Crippen molar-refractivity contribution in [1.82, 2.24) is 0 Å². The SMILES string of the molecule is CC(C)CC(C)OCC(O)c1cccc(F)c1F. The first kappa shape index (κ1) is 15.1. The fourth-order valence-corrected chi connectivity index (χ4v) is 1.85. The maximum Gasteiger partial charge on any atom is 0.164 e. The number of ether oxygens (including phenoxy) is 1. The maximum absolute atomic E-state index is 13.4. The predicted octanol–water partition coefficient (Wildman–Crippen LogP) is 3.45. The highest BCUT2D eigenvalue weighted by atomic mass is 19.2. The lowest BCUT2D eigenvalue weighted by Crippen LogP contribution is -2.17. The molecule has 18 heavy (non-hydrogen) atoms. The number of hydrogen-bond donors (Lipinski definition) is 1. The second-order valence-corrected chi connectivity index (χ2v) is 4.93. The summed E-state index contributed by atoms with van der Waals surface area (Å²) in [6, 6.07) is 3.75. The van der Waals surface area contributed by atoms with Crippen LogP contribution in [0.1, 0.15) is 38.9 Å². The minimum absolute atomic E-state index is 0.0173. The number of rotatable bonds is 6. The van der Waals surface area contributed by atoms with Gasteiger partial charge in [-0.15, -0.1) is 0 Å². The molecule has 0 spiro atoms. The van der Waals surface area contributed by atoms with E-state index in [-0.39, 0.29) is 18.3 Å². The molecule has 0 bridgehead atoms. The molecule has 0 aliphatic heterocycles. The Morgan fingerprint density at radius 2 is 1.89 bits per heavy atom. The Labute approximate surface area is 107 Å². The first-order valence-electron chi connectivity index (χ1n) is 6.15. The van der Waals surface area contributed by atoms with Gasteiger partial charge in [-0.05, 0) is 25.3 Å². The zero-order valence-corrected chi connectivity index (χ0v) is 11.0. The topological polar surface area (TPSA) is 29.5 Å². The van der Waals surface area contributed by atoms with Gasteiger partial charge < -0.3 is 9.84 Å². The van der Waals surface area contributed by atoms with Gasteiger partial charge in [0.25, 0.3) is 0 Å². The summed E-state index contributed by atoms with van der Waals surface area (Å²) < 4.78 is 31.8. The van der Waals surface area contributed by atoms with Crippen LogP contribution in [0.25, 0.3) is 0 Å². The second kappa shape index (κ2) is 6.81. The van der Waals surface area contributed by atoms with E-state index in [2.05, 4.69) is 13.8 Å². The van der Waals surface area contributed by atoms with E-state index in [0.717, 1.165) is 12.5 Å². The summed E-state index contributed by atoms with van der Waals surface area (Å²) in [5.41, 5.74) is -0.0632. The van der Waals surface area contributed by atoms with Crippen LogP contribution >= 0.6 is 0 Å². The Morgan fingerprint density at radius 1 is 1.22 bits per heavy atom. The molecule has 0 saturated carbocycles. The summed E-state index contributed by atoms with van der Waals surface area (Å²) in [7, 11) is 0. The minimum Gasteiger partial charge on any atom is -0.386 e. The van der Waals surface area contributed by atoms with Gasteiger partial charge in [0, 0.05) is 5.56 Å². The largest absolute Gasteiger partial charge is 0.386 e. The normalized spacial score (nSPS) is 14.8. The lowest BCUT2D eigenvalue weighted by atomic mass is 10.1. The molecule has 1 rings (SSSR count). The summed E-state index contributed by atoms with van der Waals surface area (Å²) in [5, 5.41) is 9.78. The van der Waals surface area contributed by atoms with Crippen molar-refractivity contribution in [2.45, 2.75) is 39.4 Å². The highest BCUT2D eigenvalue weighted by Crippen LogP contribution is 2.20. The van der Waals surface area contributed by atoms with Crippen LogP contribution in [0.3, 0.4) is 0 Å². The van der Waals surface area contributed by atoms with Gasteiger partial charge in [-0.3, -0.25) is 0 Å². The molecule has 1 aromatic carbocycles. The first-order chi connectivity index (χ1) is 8.41. The Balaban J connectivity index is 2.55. The molecule has 0 aliphatic rings. The quantitative estimate of drug-likeness (QED) is 0.846. The molecule has 0 heterocycles. The number of halogens is 2. The van der Waals surface area contributed by atoms with Gasteiger partial charge in [0.1, 0.15) is 6.10 Å². The molecule has 2 unspecified atom stereocenters. The highest BCUT2D eigenvalue weighted by Gasteiger charge is 2.17. The Bertz CT molecular complexity index is 380. The van der Waals surface area contributed by atoms with Crippen LogP contribution in [-0.4, -0.2) is 17.8 Å². The zero-order valence-electron chi connectivity index (χ0n) is 11.0. The van der Waals surface area contributed by atoms with Crippen LogP contribution in [0.15, 0.2) is 18.2 Å². The van der Waals surface area contributed by atoms with Crippen molar-refractivity contribution in [2.24, 2.45) is 5.92 Å². The van der Waals surface area contributed by atoms with Crippen molar-refractivity contribution in [3.05, 3.63) is 35.4 Å². The van der Waals surface area contributed by atoms with Crippen LogP contribution in [0, 0.1) is 17.6 Å². The van der Waals surface area contributed by atoms with E-state index < -0.39 is 17.7 Å². The Kier molecular flexibility index (Phi) is 5.69. The smallest absolute Gasteiger partial charge is 0.164 e. The van der Waals surface area contributed by atoms with E-state index in [9.17, 15) is 13.9 Å². The summed E-state index contributed by atoms with van der Waals surface area (Å²) in [6.45, 7) is 6.01. The monoisotopic (exact) mass is 258 g/mol. The molecule has 1 N–H and O–H groups in total. The fourth-order valence-electron chi connectivity index (χ4n) is 1.85. The average Bonchev–Trinajstić information content (AvgIpc) is 2.29. The lowest BCUT2D eigenvalue weighted by molar-refractivity contribution is -0.0114.